The summed E-state index contributed by atoms with van der Waals surface area (Å²) in [4.78, 5) is 40.6. The van der Waals surface area contributed by atoms with E-state index >= 15 is 0 Å². The Morgan fingerprint density at radius 1 is 1.33 bits per heavy atom. The lowest BCUT2D eigenvalue weighted by atomic mass is 9.88. The predicted molar refractivity (Wildman–Crippen MR) is 87.0 cm³/mol. The van der Waals surface area contributed by atoms with Crippen molar-refractivity contribution in [3.05, 3.63) is 46.3 Å². The van der Waals surface area contributed by atoms with E-state index in [1.54, 1.807) is 38.1 Å². The third-order valence-electron chi connectivity index (χ3n) is 3.92. The van der Waals surface area contributed by atoms with Gasteiger partial charge in [-0.05, 0) is 26.0 Å². The van der Waals surface area contributed by atoms with Crippen LogP contribution in [0.5, 0.6) is 0 Å². The highest BCUT2D eigenvalue weighted by Crippen LogP contribution is 2.27. The number of hydrogen-bond acceptors (Lipinski definition) is 5. The lowest BCUT2D eigenvalue weighted by Crippen LogP contribution is -2.45. The van der Waals surface area contributed by atoms with E-state index in [2.05, 4.69) is 10.3 Å². The topological polar surface area (TPSA) is 98.0 Å². The first kappa shape index (κ1) is 15.9. The minimum atomic E-state index is -0.880. The molecule has 2 aromatic rings. The molecule has 2 atom stereocenters. The van der Waals surface area contributed by atoms with E-state index < -0.39 is 24.0 Å². The van der Waals surface area contributed by atoms with Gasteiger partial charge in [0.2, 0.25) is 0 Å². The fourth-order valence-electron chi connectivity index (χ4n) is 2.82. The highest BCUT2D eigenvalue weighted by atomic mass is 16.5. The Balaban J connectivity index is 2.13. The molecule has 0 saturated carbocycles. The number of rotatable bonds is 3. The van der Waals surface area contributed by atoms with Gasteiger partial charge in [0.15, 0.2) is 5.43 Å². The van der Waals surface area contributed by atoms with Gasteiger partial charge in [-0.15, -0.1) is 0 Å². The molecule has 0 aliphatic carbocycles. The SMILES string of the molecule is CCOC(=O)C1C(C)=NC(=O)NC1c1coc2ccccc2c1=O. The maximum Gasteiger partial charge on any atom is 0.341 e. The Labute approximate surface area is 137 Å². The summed E-state index contributed by atoms with van der Waals surface area (Å²) < 4.78 is 10.6. The van der Waals surface area contributed by atoms with Crippen molar-refractivity contribution < 1.29 is 18.7 Å². The molecule has 1 N–H and O–H groups in total. The van der Waals surface area contributed by atoms with Crippen LogP contribution in [0.2, 0.25) is 0 Å². The minimum Gasteiger partial charge on any atom is -0.465 e. The van der Waals surface area contributed by atoms with Crippen LogP contribution < -0.4 is 10.7 Å². The van der Waals surface area contributed by atoms with Gasteiger partial charge in [-0.1, -0.05) is 12.1 Å². The molecule has 2 heterocycles. The Morgan fingerprint density at radius 2 is 2.08 bits per heavy atom. The molecule has 1 aliphatic heterocycles. The number of carbonyl (C=O) groups excluding carboxylic acids is 2. The summed E-state index contributed by atoms with van der Waals surface area (Å²) in [6.45, 7) is 3.44. The summed E-state index contributed by atoms with van der Waals surface area (Å²) in [5, 5.41) is 2.95. The molecule has 0 fully saturated rings. The first-order valence-electron chi connectivity index (χ1n) is 7.55. The highest BCUT2D eigenvalue weighted by molar-refractivity contribution is 6.08. The molecule has 124 valence electrons. The van der Waals surface area contributed by atoms with Crippen molar-refractivity contribution >= 4 is 28.7 Å². The number of para-hydroxylation sites is 1. The lowest BCUT2D eigenvalue weighted by Gasteiger charge is -2.28. The van der Waals surface area contributed by atoms with Crippen molar-refractivity contribution in [2.24, 2.45) is 10.9 Å². The number of esters is 1. The fraction of sp³-hybridized carbons (Fsp3) is 0.294. The molecule has 2 amide bonds. The molecule has 0 bridgehead atoms. The normalized spacial score (nSPS) is 20.4. The second-order valence-electron chi connectivity index (χ2n) is 5.43. The van der Waals surface area contributed by atoms with Gasteiger partial charge in [0.25, 0.3) is 0 Å². The molecule has 1 aromatic carbocycles. The number of nitrogens with one attached hydrogen (secondary N) is 1. The van der Waals surface area contributed by atoms with Gasteiger partial charge >= 0.3 is 12.0 Å². The summed E-state index contributed by atoms with van der Waals surface area (Å²) >= 11 is 0. The van der Waals surface area contributed by atoms with E-state index in [1.807, 2.05) is 0 Å². The summed E-state index contributed by atoms with van der Waals surface area (Å²) in [6.07, 6.45) is 1.28. The second kappa shape index (κ2) is 6.27. The van der Waals surface area contributed by atoms with E-state index in [0.29, 0.717) is 16.7 Å². The first-order valence-corrected chi connectivity index (χ1v) is 7.55. The lowest BCUT2D eigenvalue weighted by molar-refractivity contribution is -0.146. The molecule has 2 unspecified atom stereocenters. The number of nitrogens with zero attached hydrogens (tertiary/aromatic N) is 1. The molecular weight excluding hydrogens is 312 g/mol. The number of benzene rings is 1. The van der Waals surface area contributed by atoms with Crippen LogP contribution in [-0.2, 0) is 9.53 Å². The first-order chi connectivity index (χ1) is 11.5. The molecule has 0 spiro atoms. The van der Waals surface area contributed by atoms with E-state index in [4.69, 9.17) is 9.15 Å². The molecule has 0 radical (unpaired) electrons. The predicted octanol–water partition coefficient (Wildman–Crippen LogP) is 2.20. The highest BCUT2D eigenvalue weighted by Gasteiger charge is 2.39. The van der Waals surface area contributed by atoms with Gasteiger partial charge in [0.05, 0.1) is 23.6 Å². The molecule has 24 heavy (non-hydrogen) atoms. The van der Waals surface area contributed by atoms with E-state index in [1.165, 1.54) is 6.26 Å². The van der Waals surface area contributed by atoms with Gasteiger partial charge in [-0.2, -0.15) is 0 Å². The number of amides is 2. The Morgan fingerprint density at radius 3 is 2.83 bits per heavy atom. The van der Waals surface area contributed by atoms with E-state index in [9.17, 15) is 14.4 Å². The van der Waals surface area contributed by atoms with Crippen LogP contribution in [-0.4, -0.2) is 24.3 Å². The summed E-state index contributed by atoms with van der Waals surface area (Å²) in [7, 11) is 0. The van der Waals surface area contributed by atoms with Crippen LogP contribution in [0.15, 0.2) is 44.7 Å². The fourth-order valence-corrected chi connectivity index (χ4v) is 2.82. The van der Waals surface area contributed by atoms with Crippen LogP contribution in [0.4, 0.5) is 4.79 Å². The van der Waals surface area contributed by atoms with Gasteiger partial charge in [-0.25, -0.2) is 9.79 Å². The zero-order valence-electron chi connectivity index (χ0n) is 13.2. The van der Waals surface area contributed by atoms with Gasteiger partial charge < -0.3 is 14.5 Å². The number of hydrogen-bond donors (Lipinski definition) is 1. The third-order valence-corrected chi connectivity index (χ3v) is 3.92. The number of fused-ring (bicyclic) bond motifs is 1. The van der Waals surface area contributed by atoms with Gasteiger partial charge in [0, 0.05) is 5.71 Å². The third kappa shape index (κ3) is 2.68. The Kier molecular flexibility index (Phi) is 4.16. The van der Waals surface area contributed by atoms with Crippen LogP contribution in [0.25, 0.3) is 11.0 Å². The quantitative estimate of drug-likeness (QED) is 0.871. The van der Waals surface area contributed by atoms with Crippen LogP contribution in [0.3, 0.4) is 0 Å². The smallest absolute Gasteiger partial charge is 0.341 e. The Hall–Kier alpha value is -2.96. The molecular formula is C17H16N2O5. The molecule has 1 aliphatic rings. The van der Waals surface area contributed by atoms with Crippen molar-refractivity contribution in [2.75, 3.05) is 6.61 Å². The molecule has 0 saturated heterocycles. The monoisotopic (exact) mass is 328 g/mol. The van der Waals surface area contributed by atoms with Crippen LogP contribution >= 0.6 is 0 Å². The second-order valence-corrected chi connectivity index (χ2v) is 5.43. The van der Waals surface area contributed by atoms with Crippen molar-refractivity contribution in [3.8, 4) is 0 Å². The molecule has 1 aromatic heterocycles. The standard InChI is InChI=1S/C17H16N2O5/c1-3-23-16(21)13-9(2)18-17(22)19-14(13)11-8-24-12-7-5-4-6-10(12)15(11)20/h4-8,13-14H,3H2,1-2H3,(H,19,22). The number of aliphatic imine (C=N–C) groups is 1. The molecule has 7 nitrogen and oxygen atoms in total. The zero-order valence-corrected chi connectivity index (χ0v) is 13.2. The summed E-state index contributed by atoms with van der Waals surface area (Å²) in [6, 6.07) is 5.30. The van der Waals surface area contributed by atoms with Crippen molar-refractivity contribution in [3.63, 3.8) is 0 Å². The van der Waals surface area contributed by atoms with Crippen LogP contribution in [0.1, 0.15) is 25.5 Å². The Bertz CT molecular complexity index is 899. The maximum atomic E-state index is 12.8. The zero-order chi connectivity index (χ0) is 17.3. The van der Waals surface area contributed by atoms with Crippen molar-refractivity contribution in [2.45, 2.75) is 19.9 Å². The van der Waals surface area contributed by atoms with Crippen LogP contribution in [0, 0.1) is 5.92 Å². The summed E-state index contributed by atoms with van der Waals surface area (Å²) in [5.41, 5.74) is 0.627. The number of ether oxygens (including phenoxy) is 1. The van der Waals surface area contributed by atoms with Crippen molar-refractivity contribution in [1.29, 1.82) is 0 Å². The summed E-state index contributed by atoms with van der Waals surface area (Å²) in [5.74, 6) is -1.41. The van der Waals surface area contributed by atoms with Crippen molar-refractivity contribution in [1.82, 2.24) is 5.32 Å². The average Bonchev–Trinajstić information content (AvgIpc) is 2.55. The minimum absolute atomic E-state index is 0.189. The van der Waals surface area contributed by atoms with Gasteiger partial charge in [0.1, 0.15) is 17.8 Å². The largest absolute Gasteiger partial charge is 0.465 e. The molecule has 3 rings (SSSR count). The average molecular weight is 328 g/mol. The van der Waals surface area contributed by atoms with E-state index in [0.717, 1.165) is 0 Å². The molecule has 7 heteroatoms. The van der Waals surface area contributed by atoms with Gasteiger partial charge in [-0.3, -0.25) is 9.59 Å². The number of urea groups is 1. The number of carbonyl (C=O) groups is 2. The van der Waals surface area contributed by atoms with E-state index in [-0.39, 0.29) is 17.6 Å². The maximum absolute atomic E-state index is 12.8.